The SMILES string of the molecule is C[C@]12CC[C@H](OC(=O)C3CC3)[C@](C)(COC(=O)C3CC3)C1CC(=O)[C@@]1(C)Oc3cc(-c4cccnc4)oc(=O)c3[C@H](O)C21.C[C@]12CC[C@H](OC(=O)C3CC3)[C@](C)(COC(=O)C3CC3)C1C[C@H](O)[C@@]1(C)Oc3cc(-c4cccnc4)oc(=O)c3[C@H](O)C21. The molecule has 6 heterocycles. The predicted octanol–water partition coefficient (Wildman–Crippen LogP) is 8.14. The van der Waals surface area contributed by atoms with Crippen molar-refractivity contribution in [2.24, 2.45) is 69.0 Å². The fraction of sp³-hybridized carbons (Fsp3) is 0.621. The van der Waals surface area contributed by atoms with Gasteiger partial charge in [0.25, 0.3) is 0 Å². The van der Waals surface area contributed by atoms with Crippen LogP contribution in [-0.2, 0) is 42.9 Å². The summed E-state index contributed by atoms with van der Waals surface area (Å²) in [6.45, 7) is 11.5. The number of ketones is 1. The van der Waals surface area contributed by atoms with Crippen LogP contribution < -0.4 is 20.7 Å². The molecule has 0 aromatic carbocycles. The van der Waals surface area contributed by atoms with E-state index in [1.807, 2.05) is 20.8 Å². The molecular formula is C66H76N2O18. The molecule has 0 saturated heterocycles. The molecule has 15 atom stereocenters. The standard InChI is InChI=1S/C33H39NO9.C33H37NO9/c2*1-31-11-10-24(42-29(38)18-8-9-18)32(2,16-40-28(37)17-6-7-17)22(31)14-23(35)33(3)27(31)26(36)25-21(43-33)13-20(41-30(25)39)19-5-4-12-34-15-19/h4-5,12-13,15,17-18,22-24,26-27,35-36H,6-11,14,16H2,1-3H3;4-5,12-13,15,17-18,22,24,26-27,36H,6-11,14,16H2,1-3H3/t22?,23-,24-,26-,27?,31-,32+,33+;22?,24-,26-,27?,31-,32+,33+/m00/s1. The van der Waals surface area contributed by atoms with Crippen LogP contribution >= 0.6 is 0 Å². The number of aromatic nitrogens is 2. The Balaban J connectivity index is 0.000000160. The van der Waals surface area contributed by atoms with Gasteiger partial charge in [0.2, 0.25) is 0 Å². The van der Waals surface area contributed by atoms with Gasteiger partial charge in [-0.15, -0.1) is 0 Å². The van der Waals surface area contributed by atoms with Crippen LogP contribution in [0, 0.1) is 69.0 Å². The molecule has 14 rings (SSSR count). The molecule has 8 aliphatic carbocycles. The maximum absolute atomic E-state index is 14.2. The van der Waals surface area contributed by atoms with Gasteiger partial charge in [0.05, 0.1) is 42.0 Å². The minimum atomic E-state index is -1.43. The quantitative estimate of drug-likeness (QED) is 0.0891. The molecule has 0 amide bonds. The summed E-state index contributed by atoms with van der Waals surface area (Å²) in [5.74, 6) is -3.12. The van der Waals surface area contributed by atoms with E-state index in [0.717, 1.165) is 51.4 Å². The van der Waals surface area contributed by atoms with Crippen LogP contribution in [-0.4, -0.2) is 97.7 Å². The van der Waals surface area contributed by atoms with Crippen LogP contribution in [0.2, 0.25) is 0 Å². The van der Waals surface area contributed by atoms with E-state index in [-0.39, 0.29) is 119 Å². The molecule has 3 N–H and O–H groups in total. The van der Waals surface area contributed by atoms with Crippen molar-refractivity contribution in [2.75, 3.05) is 13.2 Å². The maximum atomic E-state index is 14.2. The van der Waals surface area contributed by atoms with Gasteiger partial charge in [-0.05, 0) is 144 Å². The van der Waals surface area contributed by atoms with Gasteiger partial charge in [-0.1, -0.05) is 27.7 Å². The summed E-state index contributed by atoms with van der Waals surface area (Å²) in [4.78, 5) is 100. The lowest BCUT2D eigenvalue weighted by Crippen LogP contribution is -2.71. The fourth-order valence-corrected chi connectivity index (χ4v) is 16.7. The van der Waals surface area contributed by atoms with E-state index in [1.165, 1.54) is 6.07 Å². The lowest BCUT2D eigenvalue weighted by atomic mass is 9.42. The third kappa shape index (κ3) is 9.69. The normalized spacial score (nSPS) is 37.3. The molecule has 20 heteroatoms. The highest BCUT2D eigenvalue weighted by Crippen LogP contribution is 2.69. The first-order chi connectivity index (χ1) is 40.9. The molecule has 20 nitrogen and oxygen atoms in total. The summed E-state index contributed by atoms with van der Waals surface area (Å²) in [7, 11) is 0. The Kier molecular flexibility index (Phi) is 14.2. The number of aliphatic hydroxyl groups excluding tert-OH is 3. The van der Waals surface area contributed by atoms with E-state index in [9.17, 15) is 48.9 Å². The molecule has 458 valence electrons. The topological polar surface area (TPSA) is 288 Å². The van der Waals surface area contributed by atoms with Crippen LogP contribution in [0.5, 0.6) is 11.5 Å². The minimum absolute atomic E-state index is 0.00787. The lowest BCUT2D eigenvalue weighted by Gasteiger charge is -2.66. The molecule has 8 saturated carbocycles. The van der Waals surface area contributed by atoms with E-state index < -0.39 is 92.4 Å². The van der Waals surface area contributed by atoms with E-state index in [4.69, 9.17) is 37.3 Å². The summed E-state index contributed by atoms with van der Waals surface area (Å²) in [6.07, 6.45) is 10.4. The number of ether oxygens (including phenoxy) is 6. The average molecular weight is 1190 g/mol. The van der Waals surface area contributed by atoms with E-state index in [0.29, 0.717) is 36.8 Å². The van der Waals surface area contributed by atoms with Crippen molar-refractivity contribution in [1.82, 2.24) is 9.97 Å². The highest BCUT2D eigenvalue weighted by Gasteiger charge is 2.72. The third-order valence-electron chi connectivity index (χ3n) is 22.1. The van der Waals surface area contributed by atoms with Gasteiger partial charge in [0, 0.05) is 77.1 Å². The Labute approximate surface area is 497 Å². The van der Waals surface area contributed by atoms with E-state index in [1.54, 1.807) is 69.0 Å². The fourth-order valence-electron chi connectivity index (χ4n) is 16.7. The molecule has 10 aliphatic rings. The molecular weight excluding hydrogens is 1110 g/mol. The number of pyridine rings is 2. The second-order valence-corrected chi connectivity index (χ2v) is 27.9. The molecule has 0 radical (unpaired) electrons. The molecule has 0 spiro atoms. The van der Waals surface area contributed by atoms with Gasteiger partial charge in [-0.2, -0.15) is 0 Å². The summed E-state index contributed by atoms with van der Waals surface area (Å²) >= 11 is 0. The number of hydrogen-bond donors (Lipinski definition) is 3. The van der Waals surface area contributed by atoms with Crippen molar-refractivity contribution < 1.29 is 76.5 Å². The van der Waals surface area contributed by atoms with Crippen LogP contribution in [0.4, 0.5) is 0 Å². The molecule has 4 aromatic rings. The summed E-state index contributed by atoms with van der Waals surface area (Å²) in [5, 5.41) is 35.8. The summed E-state index contributed by atoms with van der Waals surface area (Å²) in [6, 6.07) is 10.1. The number of aliphatic hydroxyl groups is 3. The van der Waals surface area contributed by atoms with Gasteiger partial charge in [0.15, 0.2) is 11.4 Å². The lowest BCUT2D eigenvalue weighted by molar-refractivity contribution is -0.267. The number of hydrogen-bond acceptors (Lipinski definition) is 20. The number of rotatable bonds is 12. The summed E-state index contributed by atoms with van der Waals surface area (Å²) in [5.41, 5.74) is -6.11. The van der Waals surface area contributed by atoms with Gasteiger partial charge >= 0.3 is 35.1 Å². The molecule has 0 bridgehead atoms. The Hall–Kier alpha value is -6.77. The van der Waals surface area contributed by atoms with E-state index in [2.05, 4.69) is 16.9 Å². The highest BCUT2D eigenvalue weighted by molar-refractivity contribution is 5.90. The van der Waals surface area contributed by atoms with Gasteiger partial charge in [-0.25, -0.2) is 9.59 Å². The van der Waals surface area contributed by atoms with Gasteiger partial charge < -0.3 is 52.6 Å². The van der Waals surface area contributed by atoms with Gasteiger partial charge in [-0.3, -0.25) is 33.9 Å². The number of nitrogens with zero attached hydrogens (tertiary/aromatic N) is 2. The second-order valence-electron chi connectivity index (χ2n) is 27.9. The van der Waals surface area contributed by atoms with Crippen molar-refractivity contribution >= 4 is 29.7 Å². The molecule has 2 aliphatic heterocycles. The first-order valence-corrected chi connectivity index (χ1v) is 30.8. The first kappa shape index (κ1) is 58.3. The second kappa shape index (κ2) is 21.0. The molecule has 86 heavy (non-hydrogen) atoms. The van der Waals surface area contributed by atoms with Crippen molar-refractivity contribution in [2.45, 2.75) is 173 Å². The number of carbonyl (C=O) groups excluding carboxylic acids is 5. The zero-order valence-electron chi connectivity index (χ0n) is 49.5. The number of carbonyl (C=O) groups is 5. The molecule has 4 aromatic heterocycles. The zero-order chi connectivity index (χ0) is 60.6. The Morgan fingerprint density at radius 3 is 1.45 bits per heavy atom. The largest absolute Gasteiger partial charge is 0.484 e. The van der Waals surface area contributed by atoms with Gasteiger partial charge in [0.1, 0.15) is 65.2 Å². The van der Waals surface area contributed by atoms with Crippen molar-refractivity contribution in [1.29, 1.82) is 0 Å². The van der Waals surface area contributed by atoms with Crippen LogP contribution in [0.15, 0.2) is 79.6 Å². The van der Waals surface area contributed by atoms with Crippen molar-refractivity contribution in [3.63, 3.8) is 0 Å². The van der Waals surface area contributed by atoms with Crippen molar-refractivity contribution in [3.05, 3.63) is 93.2 Å². The van der Waals surface area contributed by atoms with Crippen LogP contribution in [0.1, 0.15) is 155 Å². The maximum Gasteiger partial charge on any atom is 0.345 e. The third-order valence-corrected chi connectivity index (χ3v) is 22.1. The highest BCUT2D eigenvalue weighted by atomic mass is 16.6. The first-order valence-electron chi connectivity index (χ1n) is 30.8. The van der Waals surface area contributed by atoms with Crippen LogP contribution in [0.25, 0.3) is 22.6 Å². The monoisotopic (exact) mass is 1180 g/mol. The van der Waals surface area contributed by atoms with Crippen molar-refractivity contribution in [3.8, 4) is 34.1 Å². The number of fused-ring (bicyclic) bond motifs is 8. The smallest absolute Gasteiger partial charge is 0.345 e. The Morgan fingerprint density at radius 1 is 0.570 bits per heavy atom. The Bertz CT molecular complexity index is 3500. The van der Waals surface area contributed by atoms with Crippen LogP contribution in [0.3, 0.4) is 0 Å². The minimum Gasteiger partial charge on any atom is -0.484 e. The number of Topliss-reactive ketones (excluding diaryl/α,β-unsaturated/α-hetero) is 1. The molecule has 4 unspecified atom stereocenters. The van der Waals surface area contributed by atoms with E-state index >= 15 is 0 Å². The Morgan fingerprint density at radius 2 is 1.00 bits per heavy atom. The molecule has 8 fully saturated rings. The predicted molar refractivity (Wildman–Crippen MR) is 302 cm³/mol. The summed E-state index contributed by atoms with van der Waals surface area (Å²) < 4.78 is 48.2. The number of esters is 4. The zero-order valence-corrected chi connectivity index (χ0v) is 49.5. The average Bonchev–Trinajstić information content (AvgIpc) is 1.42.